The highest BCUT2D eigenvalue weighted by Crippen LogP contribution is 2.42. The zero-order chi connectivity index (χ0) is 29.0. The Balaban J connectivity index is 1.39. The van der Waals surface area contributed by atoms with Gasteiger partial charge in [0.15, 0.2) is 11.6 Å². The fourth-order valence-corrected chi connectivity index (χ4v) is 6.97. The molecule has 4 aromatic carbocycles. The number of pyridine rings is 1. The van der Waals surface area contributed by atoms with Crippen molar-refractivity contribution in [1.29, 1.82) is 0 Å². The van der Waals surface area contributed by atoms with E-state index < -0.39 is 0 Å². The van der Waals surface area contributed by atoms with Crippen molar-refractivity contribution in [3.8, 4) is 34.4 Å². The van der Waals surface area contributed by atoms with Crippen LogP contribution in [0.2, 0.25) is 0 Å². The molecule has 0 saturated heterocycles. The average Bonchev–Trinajstić information content (AvgIpc) is 3.62. The summed E-state index contributed by atoms with van der Waals surface area (Å²) < 4.78 is 4.67. The maximum Gasteiger partial charge on any atom is 0.238 e. The Kier molecular flexibility index (Phi) is 5.66. The molecule has 8 aromatic rings. The number of para-hydroxylation sites is 1. The summed E-state index contributed by atoms with van der Waals surface area (Å²) in [4.78, 5) is 19.8. The van der Waals surface area contributed by atoms with Crippen molar-refractivity contribution in [3.63, 3.8) is 0 Å². The minimum Gasteiger partial charge on any atom is -0.309 e. The first-order chi connectivity index (χ1) is 21.8. The van der Waals surface area contributed by atoms with Gasteiger partial charge in [0.25, 0.3) is 0 Å². The van der Waals surface area contributed by atoms with Crippen molar-refractivity contribution in [1.82, 2.24) is 29.1 Å². The van der Waals surface area contributed by atoms with E-state index in [9.17, 15) is 0 Å². The predicted molar refractivity (Wildman–Crippen MR) is 176 cm³/mol. The van der Waals surface area contributed by atoms with Crippen LogP contribution in [0.5, 0.6) is 0 Å². The number of aryl methyl sites for hydroxylation is 1. The molecule has 4 aromatic heterocycles. The molecule has 0 amide bonds. The molecule has 0 saturated carbocycles. The number of rotatable bonds is 4. The van der Waals surface area contributed by atoms with Crippen LogP contribution < -0.4 is 0 Å². The monoisotopic (exact) mass is 568 g/mol. The largest absolute Gasteiger partial charge is 0.309 e. The van der Waals surface area contributed by atoms with E-state index in [-0.39, 0.29) is 0 Å². The highest BCUT2D eigenvalue weighted by Gasteiger charge is 2.27. The van der Waals surface area contributed by atoms with Gasteiger partial charge in [0.1, 0.15) is 0 Å². The highest BCUT2D eigenvalue weighted by atomic mass is 15.2. The quantitative estimate of drug-likeness (QED) is 0.214. The molecule has 4 heterocycles. The summed E-state index contributed by atoms with van der Waals surface area (Å²) >= 11 is 0. The van der Waals surface area contributed by atoms with Gasteiger partial charge in [-0.05, 0) is 61.6 Å². The number of hydrogen-bond donors (Lipinski definition) is 0. The van der Waals surface area contributed by atoms with E-state index in [2.05, 4.69) is 86.9 Å². The van der Waals surface area contributed by atoms with Crippen LogP contribution in [-0.4, -0.2) is 29.1 Å². The van der Waals surface area contributed by atoms with E-state index in [0.29, 0.717) is 17.6 Å². The number of benzene rings is 4. The second-order valence-corrected chi connectivity index (χ2v) is 11.4. The highest BCUT2D eigenvalue weighted by molar-refractivity contribution is 6.22. The van der Waals surface area contributed by atoms with E-state index in [1.807, 2.05) is 48.8 Å². The van der Waals surface area contributed by atoms with Crippen LogP contribution in [0.15, 0.2) is 122 Å². The lowest BCUT2D eigenvalue weighted by Gasteiger charge is -2.16. The predicted octanol–water partition coefficient (Wildman–Crippen LogP) is 8.52. The van der Waals surface area contributed by atoms with E-state index >= 15 is 0 Å². The third-order valence-electron chi connectivity index (χ3n) is 8.86. The molecule has 0 unspecified atom stereocenters. The molecule has 6 nitrogen and oxygen atoms in total. The van der Waals surface area contributed by atoms with Gasteiger partial charge in [0.05, 0.1) is 16.6 Å². The lowest BCUT2D eigenvalue weighted by Crippen LogP contribution is -2.11. The zero-order valence-electron chi connectivity index (χ0n) is 24.1. The Morgan fingerprint density at radius 3 is 1.82 bits per heavy atom. The van der Waals surface area contributed by atoms with Gasteiger partial charge in [0.2, 0.25) is 5.95 Å². The van der Waals surface area contributed by atoms with Gasteiger partial charge in [0, 0.05) is 51.1 Å². The second-order valence-electron chi connectivity index (χ2n) is 11.4. The molecular weight excluding hydrogens is 540 g/mol. The fraction of sp³-hybridized carbons (Fsp3) is 0.105. The number of fused-ring (bicyclic) bond motifs is 7. The summed E-state index contributed by atoms with van der Waals surface area (Å²) in [6.07, 6.45) is 8.22. The van der Waals surface area contributed by atoms with Crippen LogP contribution in [0.4, 0.5) is 0 Å². The molecule has 0 radical (unpaired) electrons. The van der Waals surface area contributed by atoms with E-state index in [1.54, 1.807) is 0 Å². The normalized spacial score (nSPS) is 13.1. The Labute approximate surface area is 254 Å². The van der Waals surface area contributed by atoms with E-state index in [1.165, 1.54) is 34.0 Å². The molecule has 1 aliphatic rings. The van der Waals surface area contributed by atoms with Gasteiger partial charge in [-0.25, -0.2) is 4.98 Å². The van der Waals surface area contributed by atoms with Crippen molar-refractivity contribution in [2.45, 2.75) is 25.7 Å². The molecule has 0 bridgehead atoms. The second kappa shape index (κ2) is 9.99. The van der Waals surface area contributed by atoms with Crippen LogP contribution in [0.1, 0.15) is 24.1 Å². The first-order valence-corrected chi connectivity index (χ1v) is 15.2. The average molecular weight is 569 g/mol. The molecule has 1 aliphatic carbocycles. The van der Waals surface area contributed by atoms with Crippen LogP contribution in [0, 0.1) is 0 Å². The maximum atomic E-state index is 5.15. The van der Waals surface area contributed by atoms with Gasteiger partial charge in [-0.1, -0.05) is 78.9 Å². The summed E-state index contributed by atoms with van der Waals surface area (Å²) in [5, 5.41) is 3.69. The van der Waals surface area contributed by atoms with Gasteiger partial charge in [-0.2, -0.15) is 9.97 Å². The third kappa shape index (κ3) is 3.81. The Morgan fingerprint density at radius 1 is 0.523 bits per heavy atom. The Morgan fingerprint density at radius 2 is 1.14 bits per heavy atom. The summed E-state index contributed by atoms with van der Waals surface area (Å²) in [7, 11) is 0. The van der Waals surface area contributed by atoms with E-state index in [0.717, 1.165) is 52.5 Å². The molecule has 0 N–H and O–H groups in total. The Bertz CT molecular complexity index is 2260. The molecule has 0 atom stereocenters. The molecule has 210 valence electrons. The molecular formula is C38H28N6. The number of hydrogen-bond acceptors (Lipinski definition) is 4. The first kappa shape index (κ1) is 24.9. The van der Waals surface area contributed by atoms with Crippen molar-refractivity contribution < 1.29 is 0 Å². The zero-order valence-corrected chi connectivity index (χ0v) is 24.1. The van der Waals surface area contributed by atoms with Crippen LogP contribution >= 0.6 is 0 Å². The topological polar surface area (TPSA) is 61.4 Å². The lowest BCUT2D eigenvalue weighted by atomic mass is 9.94. The van der Waals surface area contributed by atoms with Crippen molar-refractivity contribution in [2.75, 3.05) is 0 Å². The first-order valence-electron chi connectivity index (χ1n) is 15.2. The molecule has 0 spiro atoms. The minimum atomic E-state index is 0.662. The van der Waals surface area contributed by atoms with Gasteiger partial charge < -0.3 is 4.57 Å². The third-order valence-corrected chi connectivity index (χ3v) is 8.86. The van der Waals surface area contributed by atoms with Crippen LogP contribution in [0.3, 0.4) is 0 Å². The summed E-state index contributed by atoms with van der Waals surface area (Å²) in [5.41, 5.74) is 9.25. The smallest absolute Gasteiger partial charge is 0.238 e. The van der Waals surface area contributed by atoms with Crippen molar-refractivity contribution >= 4 is 32.7 Å². The summed E-state index contributed by atoms with van der Waals surface area (Å²) in [6.45, 7) is 0. The van der Waals surface area contributed by atoms with Crippen molar-refractivity contribution in [2.24, 2.45) is 0 Å². The van der Waals surface area contributed by atoms with Crippen LogP contribution in [-0.2, 0) is 12.8 Å². The maximum absolute atomic E-state index is 5.15. The van der Waals surface area contributed by atoms with Gasteiger partial charge in [-0.15, -0.1) is 0 Å². The fourth-order valence-electron chi connectivity index (χ4n) is 6.97. The molecule has 0 aliphatic heterocycles. The van der Waals surface area contributed by atoms with E-state index in [4.69, 9.17) is 15.0 Å². The molecule has 0 fully saturated rings. The van der Waals surface area contributed by atoms with Gasteiger partial charge in [-0.3, -0.25) is 9.55 Å². The molecule has 6 heteroatoms. The SMILES string of the molecule is c1ccc(-c2nc(-c3ccccc3)nc(-n3c4c(c5c6c7cnccc7n(-c7ccccc7)c6ccc53)CCCC4)n2)cc1. The summed E-state index contributed by atoms with van der Waals surface area (Å²) in [5.74, 6) is 2.01. The molecule has 44 heavy (non-hydrogen) atoms. The van der Waals surface area contributed by atoms with Gasteiger partial charge >= 0.3 is 0 Å². The Hall–Kier alpha value is -5.62. The van der Waals surface area contributed by atoms with Crippen molar-refractivity contribution in [3.05, 3.63) is 133 Å². The number of aromatic nitrogens is 6. The minimum absolute atomic E-state index is 0.662. The summed E-state index contributed by atoms with van der Waals surface area (Å²) in [6, 6.07) is 37.6. The standard InChI is InChI=1S/C38H28N6/c1-4-12-25(13-5-1)36-40-37(26-14-6-2-7-15-26)42-38(41-36)44-30-19-11-10-18-28(30)34-33(44)21-20-32-35(34)29-24-39-23-22-31(29)43(32)27-16-8-3-9-17-27/h1-9,12-17,20-24H,10-11,18-19H2. The lowest BCUT2D eigenvalue weighted by molar-refractivity contribution is 0.661. The number of nitrogens with zero attached hydrogens (tertiary/aromatic N) is 6. The molecule has 9 rings (SSSR count). The van der Waals surface area contributed by atoms with Crippen LogP contribution in [0.25, 0.3) is 67.1 Å².